The molecule has 8 heteroatoms. The van der Waals surface area contributed by atoms with Crippen LogP contribution < -0.4 is 15.5 Å². The van der Waals surface area contributed by atoms with Crippen LogP contribution in [0.4, 0.5) is 0 Å². The maximum absolute atomic E-state index is 12.4. The molecule has 206 valence electrons. The van der Waals surface area contributed by atoms with Gasteiger partial charge in [-0.15, -0.1) is 0 Å². The Morgan fingerprint density at radius 1 is 0.842 bits per heavy atom. The normalized spacial score (nSPS) is 10.9. The number of hydrazone groups is 1. The van der Waals surface area contributed by atoms with Gasteiger partial charge in [-0.3, -0.25) is 9.59 Å². The number of rotatable bonds is 18. The summed E-state index contributed by atoms with van der Waals surface area (Å²) in [5.41, 5.74) is 3.32. The first kappa shape index (κ1) is 31.2. The van der Waals surface area contributed by atoms with Crippen LogP contribution in [-0.2, 0) is 9.59 Å². The summed E-state index contributed by atoms with van der Waals surface area (Å²) >= 11 is 3.38. The zero-order valence-corrected chi connectivity index (χ0v) is 23.9. The Balaban J connectivity index is 1.63. The Morgan fingerprint density at radius 2 is 1.47 bits per heavy atom. The fourth-order valence-electron chi connectivity index (χ4n) is 3.88. The molecule has 0 spiro atoms. The Morgan fingerprint density at radius 3 is 2.13 bits per heavy atom. The summed E-state index contributed by atoms with van der Waals surface area (Å²) in [7, 11) is 0. The molecule has 2 amide bonds. The summed E-state index contributed by atoms with van der Waals surface area (Å²) in [6.45, 7) is 2.09. The van der Waals surface area contributed by atoms with E-state index in [0.29, 0.717) is 23.3 Å². The first-order chi connectivity index (χ1) is 18.5. The van der Waals surface area contributed by atoms with Crippen LogP contribution in [0.1, 0.15) is 99.9 Å². The molecule has 0 aliphatic heterocycles. The lowest BCUT2D eigenvalue weighted by molar-refractivity contribution is -0.126. The van der Waals surface area contributed by atoms with Gasteiger partial charge in [0.05, 0.1) is 18.3 Å². The number of benzene rings is 2. The van der Waals surface area contributed by atoms with Gasteiger partial charge < -0.3 is 10.1 Å². The summed E-state index contributed by atoms with van der Waals surface area (Å²) < 4.78 is 6.26. The van der Waals surface area contributed by atoms with Crippen LogP contribution in [0, 0.1) is 0 Å². The number of unbranched alkanes of at least 4 members (excludes halogenated alkanes) is 10. The van der Waals surface area contributed by atoms with Crippen LogP contribution >= 0.6 is 15.9 Å². The Hall–Kier alpha value is -3.00. The SMILES string of the molecule is CCCCCCCCCCCCCC(=O)NCC(=O)N/N=C\c1cc(Br)ccc1OC(=O)c1ccccc1. The van der Waals surface area contributed by atoms with Crippen LogP contribution in [0.3, 0.4) is 0 Å². The summed E-state index contributed by atoms with van der Waals surface area (Å²) in [4.78, 5) is 36.5. The van der Waals surface area contributed by atoms with Crippen molar-refractivity contribution in [1.82, 2.24) is 10.7 Å². The summed E-state index contributed by atoms with van der Waals surface area (Å²) in [6, 6.07) is 13.8. The molecule has 2 N–H and O–H groups in total. The number of nitrogens with one attached hydrogen (secondary N) is 2. The topological polar surface area (TPSA) is 96.9 Å². The molecular weight excluding hydrogens is 546 g/mol. The van der Waals surface area contributed by atoms with Gasteiger partial charge in [0.2, 0.25) is 5.91 Å². The van der Waals surface area contributed by atoms with E-state index in [1.54, 1.807) is 42.5 Å². The van der Waals surface area contributed by atoms with Crippen molar-refractivity contribution in [2.75, 3.05) is 6.54 Å². The van der Waals surface area contributed by atoms with Gasteiger partial charge in [0.15, 0.2) is 0 Å². The highest BCUT2D eigenvalue weighted by Gasteiger charge is 2.11. The second-order valence-electron chi connectivity index (χ2n) is 9.29. The molecule has 2 rings (SSSR count). The molecule has 0 aliphatic rings. The zero-order chi connectivity index (χ0) is 27.4. The standard InChI is InChI=1S/C30H40BrN3O4/c1-2-3-4-5-6-7-8-9-10-11-15-18-28(35)32-23-29(36)34-33-22-25-21-26(31)19-20-27(25)38-30(37)24-16-13-12-14-17-24/h12-14,16-17,19-22H,2-11,15,18,23H2,1H3,(H,32,35)(H,34,36)/b33-22-. The number of carbonyl (C=O) groups is 3. The predicted octanol–water partition coefficient (Wildman–Crippen LogP) is 6.94. The molecule has 0 heterocycles. The molecule has 0 aromatic heterocycles. The van der Waals surface area contributed by atoms with E-state index in [2.05, 4.69) is 38.7 Å². The number of nitrogens with zero attached hydrogens (tertiary/aromatic N) is 1. The molecule has 0 aliphatic carbocycles. The Kier molecular flexibility index (Phi) is 15.7. The van der Waals surface area contributed by atoms with Gasteiger partial charge in [-0.25, -0.2) is 10.2 Å². The van der Waals surface area contributed by atoms with E-state index < -0.39 is 11.9 Å². The third-order valence-electron chi connectivity index (χ3n) is 6.03. The molecule has 0 radical (unpaired) electrons. The van der Waals surface area contributed by atoms with Crippen molar-refractivity contribution >= 4 is 39.9 Å². The van der Waals surface area contributed by atoms with Crippen molar-refractivity contribution in [3.8, 4) is 5.75 Å². The summed E-state index contributed by atoms with van der Waals surface area (Å²) in [5.74, 6) is -0.763. The largest absolute Gasteiger partial charge is 0.422 e. The van der Waals surface area contributed by atoms with E-state index >= 15 is 0 Å². The molecule has 0 unspecified atom stereocenters. The average molecular weight is 587 g/mol. The van der Waals surface area contributed by atoms with Crippen molar-refractivity contribution < 1.29 is 19.1 Å². The molecule has 2 aromatic rings. The number of hydrogen-bond acceptors (Lipinski definition) is 5. The first-order valence-corrected chi connectivity index (χ1v) is 14.4. The third kappa shape index (κ3) is 13.5. The van der Waals surface area contributed by atoms with E-state index in [9.17, 15) is 14.4 Å². The fourth-order valence-corrected chi connectivity index (χ4v) is 4.26. The van der Waals surface area contributed by atoms with Gasteiger partial charge in [0.1, 0.15) is 5.75 Å². The minimum Gasteiger partial charge on any atom is -0.422 e. The van der Waals surface area contributed by atoms with Crippen LogP contribution in [0.5, 0.6) is 5.75 Å². The van der Waals surface area contributed by atoms with Gasteiger partial charge in [-0.2, -0.15) is 5.10 Å². The molecular formula is C30H40BrN3O4. The highest BCUT2D eigenvalue weighted by Crippen LogP contribution is 2.23. The van der Waals surface area contributed by atoms with Crippen LogP contribution in [0.25, 0.3) is 0 Å². The molecule has 0 bridgehead atoms. The van der Waals surface area contributed by atoms with Crippen molar-refractivity contribution in [3.63, 3.8) is 0 Å². The van der Waals surface area contributed by atoms with Gasteiger partial charge in [0.25, 0.3) is 5.91 Å². The number of esters is 1. The van der Waals surface area contributed by atoms with E-state index in [4.69, 9.17) is 4.74 Å². The predicted molar refractivity (Wildman–Crippen MR) is 155 cm³/mol. The maximum Gasteiger partial charge on any atom is 0.343 e. The fraction of sp³-hybridized carbons (Fsp3) is 0.467. The van der Waals surface area contributed by atoms with Gasteiger partial charge in [-0.1, -0.05) is 105 Å². The lowest BCUT2D eigenvalue weighted by Gasteiger charge is -2.08. The van der Waals surface area contributed by atoms with Gasteiger partial charge in [0, 0.05) is 16.5 Å². The number of ether oxygens (including phenoxy) is 1. The number of carbonyl (C=O) groups excluding carboxylic acids is 3. The van der Waals surface area contributed by atoms with E-state index in [0.717, 1.165) is 23.7 Å². The molecule has 0 saturated carbocycles. The van der Waals surface area contributed by atoms with Gasteiger partial charge >= 0.3 is 5.97 Å². The molecule has 38 heavy (non-hydrogen) atoms. The lowest BCUT2D eigenvalue weighted by Crippen LogP contribution is -2.34. The first-order valence-electron chi connectivity index (χ1n) is 13.6. The van der Waals surface area contributed by atoms with Crippen LogP contribution in [-0.4, -0.2) is 30.5 Å². The molecule has 0 atom stereocenters. The minimum absolute atomic E-state index is 0.137. The van der Waals surface area contributed by atoms with Gasteiger partial charge in [-0.05, 0) is 36.8 Å². The molecule has 7 nitrogen and oxygen atoms in total. The van der Waals surface area contributed by atoms with Crippen molar-refractivity contribution in [2.45, 2.75) is 84.0 Å². The quantitative estimate of drug-likeness (QED) is 0.0651. The second kappa shape index (κ2) is 19.1. The van der Waals surface area contributed by atoms with Crippen molar-refractivity contribution in [2.24, 2.45) is 5.10 Å². The van der Waals surface area contributed by atoms with E-state index in [1.807, 2.05) is 6.07 Å². The average Bonchev–Trinajstić information content (AvgIpc) is 2.92. The second-order valence-corrected chi connectivity index (χ2v) is 10.2. The smallest absolute Gasteiger partial charge is 0.343 e. The number of hydrogen-bond donors (Lipinski definition) is 2. The highest BCUT2D eigenvalue weighted by atomic mass is 79.9. The molecule has 0 fully saturated rings. The van der Waals surface area contributed by atoms with Crippen LogP contribution in [0.2, 0.25) is 0 Å². The van der Waals surface area contributed by atoms with E-state index in [1.165, 1.54) is 57.6 Å². The highest BCUT2D eigenvalue weighted by molar-refractivity contribution is 9.10. The Labute approximate surface area is 234 Å². The lowest BCUT2D eigenvalue weighted by atomic mass is 10.1. The maximum atomic E-state index is 12.4. The third-order valence-corrected chi connectivity index (χ3v) is 6.52. The molecule has 2 aromatic carbocycles. The zero-order valence-electron chi connectivity index (χ0n) is 22.3. The monoisotopic (exact) mass is 585 g/mol. The number of halogens is 1. The summed E-state index contributed by atoms with van der Waals surface area (Å²) in [6.07, 6.45) is 15.3. The summed E-state index contributed by atoms with van der Waals surface area (Å²) in [5, 5.41) is 6.57. The minimum atomic E-state index is -0.493. The Bertz CT molecular complexity index is 1030. The van der Waals surface area contributed by atoms with E-state index in [-0.39, 0.29) is 12.5 Å². The van der Waals surface area contributed by atoms with Crippen molar-refractivity contribution in [3.05, 3.63) is 64.1 Å². The van der Waals surface area contributed by atoms with Crippen molar-refractivity contribution in [1.29, 1.82) is 0 Å². The van der Waals surface area contributed by atoms with Crippen LogP contribution in [0.15, 0.2) is 58.1 Å². The molecule has 0 saturated heterocycles. The number of amides is 2.